The molecule has 0 spiro atoms. The van der Waals surface area contributed by atoms with Crippen LogP contribution in [-0.2, 0) is 11.3 Å². The fraction of sp³-hybridized carbons (Fsp3) is 0.409. The highest BCUT2D eigenvalue weighted by atomic mass is 16.5. The zero-order valence-electron chi connectivity index (χ0n) is 16.1. The number of ether oxygens (including phenoxy) is 1. The lowest BCUT2D eigenvalue weighted by Gasteiger charge is -2.34. The molecule has 0 radical (unpaired) electrons. The third-order valence-electron chi connectivity index (χ3n) is 4.86. The molecule has 5 nitrogen and oxygen atoms in total. The maximum atomic E-state index is 12.2. The molecule has 1 aliphatic rings. The lowest BCUT2D eigenvalue weighted by Crippen LogP contribution is -2.50. The Morgan fingerprint density at radius 2 is 1.63 bits per heavy atom. The van der Waals surface area contributed by atoms with Crippen LogP contribution >= 0.6 is 0 Å². The van der Waals surface area contributed by atoms with Gasteiger partial charge in [-0.3, -0.25) is 14.6 Å². The number of hydrogen-bond acceptors (Lipinski definition) is 4. The van der Waals surface area contributed by atoms with Crippen LogP contribution in [0.2, 0.25) is 0 Å². The molecule has 0 aliphatic carbocycles. The molecular formula is C22H29N3O2. The van der Waals surface area contributed by atoms with E-state index in [0.717, 1.165) is 44.0 Å². The molecule has 0 saturated carbocycles. The van der Waals surface area contributed by atoms with Crippen molar-refractivity contribution in [1.82, 2.24) is 15.1 Å². The Labute approximate surface area is 161 Å². The average molecular weight is 367 g/mol. The van der Waals surface area contributed by atoms with E-state index in [9.17, 15) is 4.79 Å². The first-order valence-electron chi connectivity index (χ1n) is 9.64. The molecule has 2 aromatic carbocycles. The summed E-state index contributed by atoms with van der Waals surface area (Å²) in [5.74, 6) is 1.01. The largest absolute Gasteiger partial charge is 0.492 e. The molecule has 2 aromatic rings. The summed E-state index contributed by atoms with van der Waals surface area (Å²) in [6.45, 7) is 8.54. The van der Waals surface area contributed by atoms with Gasteiger partial charge in [-0.15, -0.1) is 0 Å². The predicted octanol–water partition coefficient (Wildman–Crippen LogP) is 2.31. The van der Waals surface area contributed by atoms with Gasteiger partial charge in [-0.25, -0.2) is 0 Å². The van der Waals surface area contributed by atoms with Crippen LogP contribution in [0.5, 0.6) is 5.75 Å². The second-order valence-electron chi connectivity index (χ2n) is 7.04. The minimum atomic E-state index is 0.0939. The Hall–Kier alpha value is -2.37. The summed E-state index contributed by atoms with van der Waals surface area (Å²) in [4.78, 5) is 16.8. The van der Waals surface area contributed by atoms with Crippen LogP contribution in [0.4, 0.5) is 0 Å². The molecule has 0 aromatic heterocycles. The fourth-order valence-electron chi connectivity index (χ4n) is 3.15. The number of carbonyl (C=O) groups is 1. The number of piperazine rings is 1. The van der Waals surface area contributed by atoms with Crippen molar-refractivity contribution in [2.45, 2.75) is 13.5 Å². The van der Waals surface area contributed by atoms with Crippen LogP contribution in [0.15, 0.2) is 54.6 Å². The molecule has 5 heteroatoms. The summed E-state index contributed by atoms with van der Waals surface area (Å²) < 4.78 is 5.76. The Morgan fingerprint density at radius 1 is 0.963 bits per heavy atom. The van der Waals surface area contributed by atoms with Gasteiger partial charge in [-0.1, -0.05) is 48.0 Å². The van der Waals surface area contributed by atoms with Crippen molar-refractivity contribution in [2.24, 2.45) is 0 Å². The smallest absolute Gasteiger partial charge is 0.234 e. The second-order valence-corrected chi connectivity index (χ2v) is 7.04. The molecule has 1 heterocycles. The molecule has 1 aliphatic heterocycles. The molecule has 1 N–H and O–H groups in total. The van der Waals surface area contributed by atoms with Crippen LogP contribution in [0.3, 0.4) is 0 Å². The molecular weight excluding hydrogens is 338 g/mol. The number of para-hydroxylation sites is 1. The van der Waals surface area contributed by atoms with E-state index in [1.165, 1.54) is 5.56 Å². The van der Waals surface area contributed by atoms with Gasteiger partial charge >= 0.3 is 0 Å². The third-order valence-corrected chi connectivity index (χ3v) is 4.86. The Morgan fingerprint density at radius 3 is 2.33 bits per heavy atom. The highest BCUT2D eigenvalue weighted by Gasteiger charge is 2.18. The molecule has 1 amide bonds. The summed E-state index contributed by atoms with van der Waals surface area (Å²) in [6, 6.07) is 18.2. The monoisotopic (exact) mass is 367 g/mol. The molecule has 27 heavy (non-hydrogen) atoms. The molecule has 1 saturated heterocycles. The number of nitrogens with one attached hydrogen (secondary N) is 1. The number of carbonyl (C=O) groups excluding carboxylic acids is 1. The van der Waals surface area contributed by atoms with Crippen molar-refractivity contribution in [3.63, 3.8) is 0 Å². The summed E-state index contributed by atoms with van der Waals surface area (Å²) >= 11 is 0. The van der Waals surface area contributed by atoms with Crippen molar-refractivity contribution >= 4 is 5.91 Å². The number of hydrogen-bond donors (Lipinski definition) is 1. The van der Waals surface area contributed by atoms with Gasteiger partial charge < -0.3 is 10.1 Å². The van der Waals surface area contributed by atoms with Gasteiger partial charge in [0.25, 0.3) is 0 Å². The van der Waals surface area contributed by atoms with E-state index >= 15 is 0 Å². The minimum absolute atomic E-state index is 0.0939. The SMILES string of the molecule is Cc1ccc(CNC(=O)CN2CCN(CCOc3ccccc3)CC2)cc1. The topological polar surface area (TPSA) is 44.8 Å². The van der Waals surface area contributed by atoms with E-state index in [1.54, 1.807) is 0 Å². The van der Waals surface area contributed by atoms with E-state index in [1.807, 2.05) is 30.3 Å². The van der Waals surface area contributed by atoms with Crippen molar-refractivity contribution in [2.75, 3.05) is 45.9 Å². The molecule has 0 atom stereocenters. The van der Waals surface area contributed by atoms with Crippen LogP contribution in [0.25, 0.3) is 0 Å². The van der Waals surface area contributed by atoms with E-state index < -0.39 is 0 Å². The van der Waals surface area contributed by atoms with Crippen LogP contribution < -0.4 is 10.1 Å². The lowest BCUT2D eigenvalue weighted by molar-refractivity contribution is -0.122. The zero-order valence-corrected chi connectivity index (χ0v) is 16.1. The standard InChI is InChI=1S/C22H29N3O2/c1-19-7-9-20(10-8-19)17-23-22(26)18-25-13-11-24(12-14-25)15-16-27-21-5-3-2-4-6-21/h2-10H,11-18H2,1H3,(H,23,26). The van der Waals surface area contributed by atoms with Gasteiger partial charge in [-0.2, -0.15) is 0 Å². The molecule has 1 fully saturated rings. The minimum Gasteiger partial charge on any atom is -0.492 e. The highest BCUT2D eigenvalue weighted by molar-refractivity contribution is 5.78. The maximum absolute atomic E-state index is 12.2. The van der Waals surface area contributed by atoms with E-state index in [4.69, 9.17) is 4.74 Å². The van der Waals surface area contributed by atoms with Gasteiger partial charge in [-0.05, 0) is 24.6 Å². The molecule has 0 unspecified atom stereocenters. The van der Waals surface area contributed by atoms with Crippen LogP contribution in [-0.4, -0.2) is 61.6 Å². The van der Waals surface area contributed by atoms with Crippen molar-refractivity contribution in [1.29, 1.82) is 0 Å². The lowest BCUT2D eigenvalue weighted by atomic mass is 10.1. The van der Waals surface area contributed by atoms with Crippen molar-refractivity contribution < 1.29 is 9.53 Å². The Kier molecular flexibility index (Phi) is 7.25. The third kappa shape index (κ3) is 6.70. The fourth-order valence-corrected chi connectivity index (χ4v) is 3.15. The molecule has 144 valence electrons. The number of nitrogens with zero attached hydrogens (tertiary/aromatic N) is 2. The summed E-state index contributed by atoms with van der Waals surface area (Å²) in [5.41, 5.74) is 2.37. The van der Waals surface area contributed by atoms with Crippen molar-refractivity contribution in [3.05, 3.63) is 65.7 Å². The van der Waals surface area contributed by atoms with Gasteiger partial charge in [0.2, 0.25) is 5.91 Å². The average Bonchev–Trinajstić information content (AvgIpc) is 2.70. The van der Waals surface area contributed by atoms with Crippen molar-refractivity contribution in [3.8, 4) is 5.75 Å². The number of amides is 1. The maximum Gasteiger partial charge on any atom is 0.234 e. The number of aryl methyl sites for hydroxylation is 1. The summed E-state index contributed by atoms with van der Waals surface area (Å²) in [6.07, 6.45) is 0. The second kappa shape index (κ2) is 10.1. The normalized spacial score (nSPS) is 15.4. The first-order valence-corrected chi connectivity index (χ1v) is 9.64. The van der Waals surface area contributed by atoms with Crippen LogP contribution in [0, 0.1) is 6.92 Å². The molecule has 0 bridgehead atoms. The summed E-state index contributed by atoms with van der Waals surface area (Å²) in [7, 11) is 0. The number of benzene rings is 2. The van der Waals surface area contributed by atoms with Gasteiger partial charge in [0, 0.05) is 39.3 Å². The first-order chi connectivity index (χ1) is 13.2. The quantitative estimate of drug-likeness (QED) is 0.778. The summed E-state index contributed by atoms with van der Waals surface area (Å²) in [5, 5.41) is 3.02. The zero-order chi connectivity index (χ0) is 18.9. The molecule has 3 rings (SSSR count). The van der Waals surface area contributed by atoms with Gasteiger partial charge in [0.1, 0.15) is 12.4 Å². The highest BCUT2D eigenvalue weighted by Crippen LogP contribution is 2.09. The van der Waals surface area contributed by atoms with E-state index in [-0.39, 0.29) is 5.91 Å². The van der Waals surface area contributed by atoms with Gasteiger partial charge in [0.15, 0.2) is 0 Å². The Bertz CT molecular complexity index is 695. The first kappa shape index (κ1) is 19.4. The van der Waals surface area contributed by atoms with E-state index in [0.29, 0.717) is 19.7 Å². The number of rotatable bonds is 8. The Balaban J connectivity index is 1.29. The predicted molar refractivity (Wildman–Crippen MR) is 108 cm³/mol. The van der Waals surface area contributed by atoms with Gasteiger partial charge in [0.05, 0.1) is 6.54 Å². The van der Waals surface area contributed by atoms with Crippen LogP contribution in [0.1, 0.15) is 11.1 Å². The van der Waals surface area contributed by atoms with E-state index in [2.05, 4.69) is 46.3 Å².